The first-order chi connectivity index (χ1) is 12.6. The first-order valence-corrected chi connectivity index (χ1v) is 9.41. The number of carbonyl (C=O) groups is 1. The molecule has 0 spiro atoms. The summed E-state index contributed by atoms with van der Waals surface area (Å²) < 4.78 is 17.2. The molecule has 0 saturated carbocycles. The molecule has 1 aliphatic heterocycles. The van der Waals surface area contributed by atoms with Crippen LogP contribution in [0.2, 0.25) is 0 Å². The van der Waals surface area contributed by atoms with Gasteiger partial charge in [0.15, 0.2) is 5.79 Å². The summed E-state index contributed by atoms with van der Waals surface area (Å²) in [5.41, 5.74) is 2.96. The molecule has 27 heavy (non-hydrogen) atoms. The summed E-state index contributed by atoms with van der Waals surface area (Å²) in [6.07, 6.45) is 0. The van der Waals surface area contributed by atoms with Crippen LogP contribution in [0, 0.1) is 0 Å². The van der Waals surface area contributed by atoms with E-state index in [0.29, 0.717) is 13.1 Å². The van der Waals surface area contributed by atoms with E-state index in [0.717, 1.165) is 35.7 Å². The Morgan fingerprint density at radius 1 is 0.963 bits per heavy atom. The number of piperazine rings is 1. The highest BCUT2D eigenvalue weighted by molar-refractivity contribution is 5.74. The summed E-state index contributed by atoms with van der Waals surface area (Å²) in [4.78, 5) is 15.8. The van der Waals surface area contributed by atoms with Crippen LogP contribution < -0.4 is 9.64 Å². The Morgan fingerprint density at radius 2 is 1.52 bits per heavy atom. The summed E-state index contributed by atoms with van der Waals surface area (Å²) in [7, 11) is 5.01. The maximum atomic E-state index is 11.7. The van der Waals surface area contributed by atoms with Crippen LogP contribution in [0.3, 0.4) is 0 Å². The fourth-order valence-corrected chi connectivity index (χ4v) is 3.46. The molecule has 1 heterocycles. The minimum Gasteiger partial charge on any atom is -0.494 e. The zero-order chi connectivity index (χ0) is 20.4. The van der Waals surface area contributed by atoms with Gasteiger partial charge in [0.2, 0.25) is 5.91 Å². The lowest BCUT2D eigenvalue weighted by Crippen LogP contribution is -2.48. The highest BCUT2D eigenvalue weighted by Crippen LogP contribution is 2.43. The van der Waals surface area contributed by atoms with Crippen molar-refractivity contribution in [3.8, 4) is 5.75 Å². The summed E-state index contributed by atoms with van der Waals surface area (Å²) >= 11 is 0. The van der Waals surface area contributed by atoms with Gasteiger partial charge in [-0.1, -0.05) is 20.8 Å². The molecule has 0 aromatic heterocycles. The molecule has 1 aromatic carbocycles. The quantitative estimate of drug-likeness (QED) is 0.737. The van der Waals surface area contributed by atoms with Crippen molar-refractivity contribution in [2.45, 2.75) is 45.8 Å². The second kappa shape index (κ2) is 8.07. The zero-order valence-electron chi connectivity index (χ0n) is 18.0. The van der Waals surface area contributed by atoms with E-state index < -0.39 is 5.79 Å². The average Bonchev–Trinajstić information content (AvgIpc) is 2.65. The Hall–Kier alpha value is -1.79. The van der Waals surface area contributed by atoms with E-state index in [-0.39, 0.29) is 11.3 Å². The molecule has 0 atom stereocenters. The number of methoxy groups -OCH3 is 3. The molecule has 1 amide bonds. The first kappa shape index (κ1) is 21.5. The molecule has 1 aromatic rings. The van der Waals surface area contributed by atoms with Crippen LogP contribution in [0.4, 0.5) is 5.69 Å². The molecular weight excluding hydrogens is 344 g/mol. The number of carbonyl (C=O) groups excluding carboxylic acids is 1. The van der Waals surface area contributed by atoms with Gasteiger partial charge in [0.1, 0.15) is 5.75 Å². The van der Waals surface area contributed by atoms with Gasteiger partial charge in [-0.3, -0.25) is 4.79 Å². The SMILES string of the molecule is COc1c(N2CCN(C(C)=O)CC2)cc(C(C)(OC)OC)cc1C(C)(C)C. The Morgan fingerprint density at radius 3 is 1.93 bits per heavy atom. The predicted octanol–water partition coefficient (Wildman–Crippen LogP) is 3.13. The topological polar surface area (TPSA) is 51.2 Å². The van der Waals surface area contributed by atoms with Crippen molar-refractivity contribution < 1.29 is 19.0 Å². The minimum atomic E-state index is -0.845. The van der Waals surface area contributed by atoms with Gasteiger partial charge in [-0.25, -0.2) is 0 Å². The second-order valence-corrected chi connectivity index (χ2v) is 8.17. The smallest absolute Gasteiger partial charge is 0.219 e. The third kappa shape index (κ3) is 4.38. The molecule has 0 radical (unpaired) electrons. The van der Waals surface area contributed by atoms with Crippen LogP contribution in [0.25, 0.3) is 0 Å². The lowest BCUT2D eigenvalue weighted by atomic mass is 9.83. The third-order valence-corrected chi connectivity index (χ3v) is 5.45. The van der Waals surface area contributed by atoms with E-state index in [4.69, 9.17) is 14.2 Å². The maximum Gasteiger partial charge on any atom is 0.219 e. The van der Waals surface area contributed by atoms with Crippen LogP contribution in [0.15, 0.2) is 12.1 Å². The Bertz CT molecular complexity index is 669. The molecule has 0 N–H and O–H groups in total. The van der Waals surface area contributed by atoms with Crippen molar-refractivity contribution in [1.29, 1.82) is 0 Å². The van der Waals surface area contributed by atoms with E-state index in [1.165, 1.54) is 0 Å². The van der Waals surface area contributed by atoms with E-state index in [1.807, 2.05) is 11.8 Å². The summed E-state index contributed by atoms with van der Waals surface area (Å²) in [6.45, 7) is 13.0. The highest BCUT2D eigenvalue weighted by atomic mass is 16.7. The number of amides is 1. The van der Waals surface area contributed by atoms with Gasteiger partial charge in [-0.15, -0.1) is 0 Å². The molecule has 1 saturated heterocycles. The number of hydrogen-bond acceptors (Lipinski definition) is 5. The largest absolute Gasteiger partial charge is 0.494 e. The van der Waals surface area contributed by atoms with Crippen molar-refractivity contribution in [3.63, 3.8) is 0 Å². The molecule has 0 bridgehead atoms. The van der Waals surface area contributed by atoms with Crippen LogP contribution in [0.1, 0.15) is 45.7 Å². The normalized spacial score (nSPS) is 15.9. The molecule has 2 rings (SSSR count). The predicted molar refractivity (Wildman–Crippen MR) is 108 cm³/mol. The Kier molecular flexibility index (Phi) is 6.43. The van der Waals surface area contributed by atoms with E-state index in [1.54, 1.807) is 28.3 Å². The summed E-state index contributed by atoms with van der Waals surface area (Å²) in [5.74, 6) is 0.150. The fourth-order valence-electron chi connectivity index (χ4n) is 3.46. The summed E-state index contributed by atoms with van der Waals surface area (Å²) in [6, 6.07) is 4.20. The van der Waals surface area contributed by atoms with Crippen LogP contribution in [-0.2, 0) is 25.5 Å². The van der Waals surface area contributed by atoms with Crippen LogP contribution in [0.5, 0.6) is 5.75 Å². The van der Waals surface area contributed by atoms with Crippen LogP contribution >= 0.6 is 0 Å². The molecule has 6 nitrogen and oxygen atoms in total. The van der Waals surface area contributed by atoms with Gasteiger partial charge in [-0.05, 0) is 24.5 Å². The molecule has 1 aliphatic rings. The Labute approximate surface area is 163 Å². The fraction of sp³-hybridized carbons (Fsp3) is 0.667. The highest BCUT2D eigenvalue weighted by Gasteiger charge is 2.33. The monoisotopic (exact) mass is 378 g/mol. The van der Waals surface area contributed by atoms with Crippen molar-refractivity contribution in [1.82, 2.24) is 4.90 Å². The molecule has 0 aliphatic carbocycles. The number of anilines is 1. The lowest BCUT2D eigenvalue weighted by molar-refractivity contribution is -0.201. The van der Waals surface area contributed by atoms with E-state index in [9.17, 15) is 4.79 Å². The molecule has 6 heteroatoms. The Balaban J connectivity index is 2.56. The minimum absolute atomic E-state index is 0.111. The number of nitrogens with zero attached hydrogens (tertiary/aromatic N) is 2. The van der Waals surface area contributed by atoms with E-state index >= 15 is 0 Å². The molecule has 152 valence electrons. The van der Waals surface area contributed by atoms with E-state index in [2.05, 4.69) is 37.8 Å². The van der Waals surface area contributed by atoms with Crippen molar-refractivity contribution >= 4 is 11.6 Å². The van der Waals surface area contributed by atoms with Gasteiger partial charge in [0.25, 0.3) is 0 Å². The van der Waals surface area contributed by atoms with Crippen molar-refractivity contribution in [2.75, 3.05) is 52.4 Å². The molecular formula is C21H34N2O4. The van der Waals surface area contributed by atoms with Gasteiger partial charge >= 0.3 is 0 Å². The molecule has 1 fully saturated rings. The zero-order valence-corrected chi connectivity index (χ0v) is 18.0. The number of ether oxygens (including phenoxy) is 3. The van der Waals surface area contributed by atoms with Gasteiger partial charge < -0.3 is 24.0 Å². The van der Waals surface area contributed by atoms with Crippen molar-refractivity contribution in [3.05, 3.63) is 23.3 Å². The van der Waals surface area contributed by atoms with Crippen LogP contribution in [-0.4, -0.2) is 58.3 Å². The van der Waals surface area contributed by atoms with Gasteiger partial charge in [0.05, 0.1) is 12.8 Å². The van der Waals surface area contributed by atoms with Gasteiger partial charge in [0, 0.05) is 58.4 Å². The maximum absolute atomic E-state index is 11.7. The average molecular weight is 379 g/mol. The lowest BCUT2D eigenvalue weighted by Gasteiger charge is -2.38. The number of hydrogen-bond donors (Lipinski definition) is 0. The van der Waals surface area contributed by atoms with Crippen molar-refractivity contribution in [2.24, 2.45) is 0 Å². The van der Waals surface area contributed by atoms with Gasteiger partial charge in [-0.2, -0.15) is 0 Å². The number of benzene rings is 1. The standard InChI is InChI=1S/C21H34N2O4/c1-15(24)22-9-11-23(12-10-22)18-14-16(21(5,26-7)27-8)13-17(19(18)25-6)20(2,3)4/h13-14H,9-12H2,1-8H3. The number of rotatable bonds is 5. The first-order valence-electron chi connectivity index (χ1n) is 9.41. The third-order valence-electron chi connectivity index (χ3n) is 5.45. The molecule has 0 unspecified atom stereocenters. The summed E-state index contributed by atoms with van der Waals surface area (Å²) in [5, 5.41) is 0. The second-order valence-electron chi connectivity index (χ2n) is 8.17.